The second kappa shape index (κ2) is 7.34. The van der Waals surface area contributed by atoms with Crippen LogP contribution in [0.15, 0.2) is 33.6 Å². The number of nitrogens with one attached hydrogen (secondary N) is 1. The van der Waals surface area contributed by atoms with Crippen molar-refractivity contribution in [2.24, 2.45) is 0 Å². The molecular formula is C14H17N3O5S. The molecule has 124 valence electrons. The van der Waals surface area contributed by atoms with E-state index in [2.05, 4.69) is 14.9 Å². The molecule has 23 heavy (non-hydrogen) atoms. The first-order chi connectivity index (χ1) is 11.0. The molecule has 8 nitrogen and oxygen atoms in total. The number of sulfonamides is 1. The minimum absolute atomic E-state index is 0.000130. The summed E-state index contributed by atoms with van der Waals surface area (Å²) in [6.45, 7) is 3.62. The van der Waals surface area contributed by atoms with E-state index in [4.69, 9.17) is 9.15 Å². The summed E-state index contributed by atoms with van der Waals surface area (Å²) in [7, 11) is -3.63. The van der Waals surface area contributed by atoms with E-state index < -0.39 is 16.0 Å². The molecule has 9 heteroatoms. The van der Waals surface area contributed by atoms with E-state index in [0.29, 0.717) is 12.3 Å². The molecule has 1 N–H and O–H groups in total. The molecule has 1 heterocycles. The van der Waals surface area contributed by atoms with E-state index >= 15 is 0 Å². The lowest BCUT2D eigenvalue weighted by atomic mass is 10.2. The first-order valence-electron chi connectivity index (χ1n) is 7.04. The monoisotopic (exact) mass is 339 g/mol. The summed E-state index contributed by atoms with van der Waals surface area (Å²) >= 11 is 0. The minimum atomic E-state index is -3.63. The molecule has 0 amide bonds. The van der Waals surface area contributed by atoms with Gasteiger partial charge in [-0.1, -0.05) is 19.9 Å². The zero-order valence-corrected chi connectivity index (χ0v) is 13.6. The molecule has 0 saturated heterocycles. The van der Waals surface area contributed by atoms with Crippen LogP contribution < -0.4 is 4.72 Å². The Morgan fingerprint density at radius 1 is 1.26 bits per heavy atom. The second-order valence-corrected chi connectivity index (χ2v) is 6.32. The van der Waals surface area contributed by atoms with Crippen molar-refractivity contribution in [3.63, 3.8) is 0 Å². The highest BCUT2D eigenvalue weighted by atomic mass is 32.2. The number of nitrogens with zero attached hydrogens (tertiary/aromatic N) is 2. The molecule has 1 aromatic carbocycles. The summed E-state index contributed by atoms with van der Waals surface area (Å²) in [6.07, 6.45) is 0.589. The van der Waals surface area contributed by atoms with Crippen LogP contribution in [0, 0.1) is 0 Å². The van der Waals surface area contributed by atoms with Crippen molar-refractivity contribution in [2.75, 3.05) is 6.54 Å². The fourth-order valence-corrected chi connectivity index (χ4v) is 2.85. The van der Waals surface area contributed by atoms with E-state index in [9.17, 15) is 13.2 Å². The average Bonchev–Trinajstić information content (AvgIpc) is 3.01. The molecule has 0 spiro atoms. The second-order valence-electron chi connectivity index (χ2n) is 4.55. The predicted octanol–water partition coefficient (Wildman–Crippen LogP) is 1.29. The van der Waals surface area contributed by atoms with Crippen LogP contribution >= 0.6 is 0 Å². The number of aromatic nitrogens is 2. The van der Waals surface area contributed by atoms with Gasteiger partial charge in [0.15, 0.2) is 6.61 Å². The van der Waals surface area contributed by atoms with E-state index in [1.807, 2.05) is 6.92 Å². The van der Waals surface area contributed by atoms with Gasteiger partial charge in [0.2, 0.25) is 15.9 Å². The van der Waals surface area contributed by atoms with Crippen LogP contribution in [0.25, 0.3) is 0 Å². The number of hydrogen-bond acceptors (Lipinski definition) is 7. The summed E-state index contributed by atoms with van der Waals surface area (Å²) in [5.74, 6) is -0.0313. The number of ether oxygens (including phenoxy) is 1. The molecule has 0 fully saturated rings. The standard InChI is InChI=1S/C14H17N3O5S/c1-3-12-16-17-13(22-12)9-21-14(18)10-6-5-7-11(8-10)23(19,20)15-4-2/h5-8,15H,3-4,9H2,1-2H3. The SMILES string of the molecule is CCNS(=O)(=O)c1cccc(C(=O)OCc2nnc(CC)o2)c1. The Balaban J connectivity index is 2.07. The number of rotatable bonds is 7. The zero-order valence-electron chi connectivity index (χ0n) is 12.8. The lowest BCUT2D eigenvalue weighted by Crippen LogP contribution is -2.23. The van der Waals surface area contributed by atoms with Crippen LogP contribution in [0.2, 0.25) is 0 Å². The fraction of sp³-hybridized carbons (Fsp3) is 0.357. The Morgan fingerprint density at radius 2 is 2.00 bits per heavy atom. The summed E-state index contributed by atoms with van der Waals surface area (Å²) < 4.78 is 36.5. The third kappa shape index (κ3) is 4.36. The summed E-state index contributed by atoms with van der Waals surface area (Å²) in [4.78, 5) is 12.0. The molecule has 0 saturated carbocycles. The zero-order chi connectivity index (χ0) is 16.9. The first-order valence-corrected chi connectivity index (χ1v) is 8.52. The van der Waals surface area contributed by atoms with Crippen LogP contribution in [0.5, 0.6) is 0 Å². The molecule has 0 unspecified atom stereocenters. The quantitative estimate of drug-likeness (QED) is 0.756. The smallest absolute Gasteiger partial charge is 0.338 e. The number of aryl methyl sites for hydroxylation is 1. The van der Waals surface area contributed by atoms with Gasteiger partial charge in [-0.3, -0.25) is 0 Å². The van der Waals surface area contributed by atoms with Crippen LogP contribution in [-0.2, 0) is 27.8 Å². The van der Waals surface area contributed by atoms with Crippen molar-refractivity contribution in [1.29, 1.82) is 0 Å². The average molecular weight is 339 g/mol. The Morgan fingerprint density at radius 3 is 2.65 bits per heavy atom. The molecule has 0 aliphatic carbocycles. The fourth-order valence-electron chi connectivity index (χ4n) is 1.76. The molecule has 0 atom stereocenters. The Labute approximate surface area is 133 Å². The molecule has 2 aromatic rings. The number of benzene rings is 1. The number of esters is 1. The van der Waals surface area contributed by atoms with Gasteiger partial charge in [0.1, 0.15) is 0 Å². The van der Waals surface area contributed by atoms with Crippen LogP contribution in [0.1, 0.15) is 36.0 Å². The van der Waals surface area contributed by atoms with Crippen molar-refractivity contribution >= 4 is 16.0 Å². The Hall–Kier alpha value is -2.26. The Bertz CT molecular complexity index is 785. The maximum atomic E-state index is 12.0. The largest absolute Gasteiger partial charge is 0.452 e. The molecular weight excluding hydrogens is 322 g/mol. The maximum Gasteiger partial charge on any atom is 0.338 e. The first kappa shape index (κ1) is 17.1. The van der Waals surface area contributed by atoms with Crippen LogP contribution in [-0.4, -0.2) is 31.1 Å². The van der Waals surface area contributed by atoms with Crippen LogP contribution in [0.3, 0.4) is 0 Å². The van der Waals surface area contributed by atoms with E-state index in [1.165, 1.54) is 24.3 Å². The van der Waals surface area contributed by atoms with Crippen molar-refractivity contribution in [1.82, 2.24) is 14.9 Å². The summed E-state index contributed by atoms with van der Waals surface area (Å²) in [5, 5.41) is 7.49. The van der Waals surface area contributed by atoms with Gasteiger partial charge < -0.3 is 9.15 Å². The van der Waals surface area contributed by atoms with Crippen molar-refractivity contribution < 1.29 is 22.4 Å². The van der Waals surface area contributed by atoms with Gasteiger partial charge in [0.05, 0.1) is 10.5 Å². The summed E-state index contributed by atoms with van der Waals surface area (Å²) in [5.41, 5.74) is 0.124. The number of carbonyl (C=O) groups excluding carboxylic acids is 1. The molecule has 0 radical (unpaired) electrons. The van der Waals surface area contributed by atoms with E-state index in [-0.39, 0.29) is 29.5 Å². The Kier molecular flexibility index (Phi) is 5.45. The lowest BCUT2D eigenvalue weighted by molar-refractivity contribution is 0.0436. The van der Waals surface area contributed by atoms with Gasteiger partial charge in [-0.15, -0.1) is 10.2 Å². The highest BCUT2D eigenvalue weighted by Crippen LogP contribution is 2.13. The van der Waals surface area contributed by atoms with Gasteiger partial charge in [-0.25, -0.2) is 17.9 Å². The highest BCUT2D eigenvalue weighted by Gasteiger charge is 2.16. The van der Waals surface area contributed by atoms with Gasteiger partial charge >= 0.3 is 5.97 Å². The number of carbonyl (C=O) groups is 1. The van der Waals surface area contributed by atoms with Crippen molar-refractivity contribution in [3.8, 4) is 0 Å². The van der Waals surface area contributed by atoms with Gasteiger partial charge in [0, 0.05) is 13.0 Å². The lowest BCUT2D eigenvalue weighted by Gasteiger charge is -2.06. The van der Waals surface area contributed by atoms with Gasteiger partial charge in [0.25, 0.3) is 5.89 Å². The molecule has 0 aliphatic heterocycles. The summed E-state index contributed by atoms with van der Waals surface area (Å²) in [6, 6.07) is 5.60. The van der Waals surface area contributed by atoms with E-state index in [0.717, 1.165) is 0 Å². The maximum absolute atomic E-state index is 12.0. The van der Waals surface area contributed by atoms with E-state index in [1.54, 1.807) is 6.92 Å². The third-order valence-electron chi connectivity index (χ3n) is 2.85. The topological polar surface area (TPSA) is 111 Å². The molecule has 0 aliphatic rings. The third-order valence-corrected chi connectivity index (χ3v) is 4.40. The molecule has 0 bridgehead atoms. The predicted molar refractivity (Wildman–Crippen MR) is 80.1 cm³/mol. The highest BCUT2D eigenvalue weighted by molar-refractivity contribution is 7.89. The number of hydrogen-bond donors (Lipinski definition) is 1. The van der Waals surface area contributed by atoms with Gasteiger partial charge in [-0.2, -0.15) is 0 Å². The van der Waals surface area contributed by atoms with Crippen molar-refractivity contribution in [3.05, 3.63) is 41.6 Å². The van der Waals surface area contributed by atoms with Gasteiger partial charge in [-0.05, 0) is 18.2 Å². The molecule has 2 rings (SSSR count). The minimum Gasteiger partial charge on any atom is -0.452 e. The normalized spacial score (nSPS) is 11.4. The molecule has 1 aromatic heterocycles. The van der Waals surface area contributed by atoms with Crippen LogP contribution in [0.4, 0.5) is 0 Å². The van der Waals surface area contributed by atoms with Crippen molar-refractivity contribution in [2.45, 2.75) is 31.8 Å².